The molecule has 0 saturated carbocycles. The minimum absolute atomic E-state index is 0.326. The number of alkyl halides is 2. The van der Waals surface area contributed by atoms with Crippen LogP contribution in [-0.4, -0.2) is 36.0 Å². The maximum Gasteiger partial charge on any atom is 0.266 e. The van der Waals surface area contributed by atoms with Gasteiger partial charge in [-0.3, -0.25) is 0 Å². The summed E-state index contributed by atoms with van der Waals surface area (Å²) in [6.45, 7) is 0.844. The Kier molecular flexibility index (Phi) is 4.08. The van der Waals surface area contributed by atoms with Crippen LogP contribution in [0, 0.1) is 5.92 Å². The molecular weight excluding hydrogens is 238 g/mol. The van der Waals surface area contributed by atoms with Gasteiger partial charge in [0, 0.05) is 15.7 Å². The van der Waals surface area contributed by atoms with E-state index in [1.165, 1.54) is 6.92 Å². The Hall–Kier alpha value is -1.60. The number of hydrogen-bond donors (Lipinski definition) is 1. The van der Waals surface area contributed by atoms with Gasteiger partial charge in [-0.25, -0.2) is 8.78 Å². The maximum atomic E-state index is 13.7. The molecule has 1 heterocycles. The second kappa shape index (κ2) is 5.15. The van der Waals surface area contributed by atoms with Crippen molar-refractivity contribution >= 4 is 0 Å². The van der Waals surface area contributed by atoms with Crippen molar-refractivity contribution < 1.29 is 18.6 Å². The first-order valence-corrected chi connectivity index (χ1v) is 4.71. The topological polar surface area (TPSA) is 127 Å². The van der Waals surface area contributed by atoms with Gasteiger partial charge in [-0.05, 0) is 11.1 Å². The zero-order chi connectivity index (χ0) is 13.1. The van der Waals surface area contributed by atoms with Gasteiger partial charge in [0.25, 0.3) is 5.92 Å². The van der Waals surface area contributed by atoms with Gasteiger partial charge >= 0.3 is 0 Å². The zero-order valence-corrected chi connectivity index (χ0v) is 8.81. The van der Waals surface area contributed by atoms with Gasteiger partial charge in [0.2, 0.25) is 0 Å². The molecule has 0 aliphatic carbocycles. The van der Waals surface area contributed by atoms with Crippen LogP contribution in [0.4, 0.5) is 8.78 Å². The molecule has 17 heavy (non-hydrogen) atoms. The summed E-state index contributed by atoms with van der Waals surface area (Å²) < 4.78 is 32.3. The Morgan fingerprint density at radius 2 is 2.06 bits per heavy atom. The van der Waals surface area contributed by atoms with Crippen LogP contribution in [0.3, 0.4) is 0 Å². The van der Waals surface area contributed by atoms with Crippen molar-refractivity contribution in [3.63, 3.8) is 0 Å². The quantitative estimate of drug-likeness (QED) is 0.465. The predicted octanol–water partition coefficient (Wildman–Crippen LogP) is 1.96. The van der Waals surface area contributed by atoms with Crippen LogP contribution in [0.25, 0.3) is 20.9 Å². The summed E-state index contributed by atoms with van der Waals surface area (Å²) in [5.41, 5.74) is 16.3. The van der Waals surface area contributed by atoms with Gasteiger partial charge in [-0.1, -0.05) is 17.2 Å². The van der Waals surface area contributed by atoms with Crippen LogP contribution < -0.4 is 0 Å². The van der Waals surface area contributed by atoms with Crippen LogP contribution in [0.5, 0.6) is 0 Å². The Morgan fingerprint density at radius 1 is 1.41 bits per heavy atom. The maximum absolute atomic E-state index is 13.7. The number of azide groups is 2. The van der Waals surface area contributed by atoms with E-state index in [4.69, 9.17) is 15.8 Å². The van der Waals surface area contributed by atoms with E-state index in [0.717, 1.165) is 0 Å². The largest absolute Gasteiger partial charge is 0.367 e. The number of nitrogens with zero attached hydrogens (tertiary/aromatic N) is 6. The monoisotopic (exact) mass is 248 g/mol. The lowest BCUT2D eigenvalue weighted by Crippen LogP contribution is -2.57. The lowest BCUT2D eigenvalue weighted by molar-refractivity contribution is -0.267. The van der Waals surface area contributed by atoms with Crippen LogP contribution in [0.1, 0.15) is 6.92 Å². The van der Waals surface area contributed by atoms with Crippen molar-refractivity contribution in [1.82, 2.24) is 0 Å². The van der Waals surface area contributed by atoms with Crippen molar-refractivity contribution in [3.05, 3.63) is 20.9 Å². The number of hydrogen-bond acceptors (Lipinski definition) is 4. The van der Waals surface area contributed by atoms with E-state index >= 15 is 0 Å². The molecule has 94 valence electrons. The minimum Gasteiger partial charge on any atom is -0.367 e. The molecule has 4 atom stereocenters. The van der Waals surface area contributed by atoms with Crippen LogP contribution in [0.15, 0.2) is 10.2 Å². The van der Waals surface area contributed by atoms with Crippen molar-refractivity contribution in [2.45, 2.75) is 31.3 Å². The van der Waals surface area contributed by atoms with E-state index in [0.29, 0.717) is 0 Å². The lowest BCUT2D eigenvalue weighted by atomic mass is 9.88. The van der Waals surface area contributed by atoms with Crippen molar-refractivity contribution in [1.29, 1.82) is 0 Å². The van der Waals surface area contributed by atoms with Gasteiger partial charge in [-0.15, -0.1) is 0 Å². The average Bonchev–Trinajstić information content (AvgIpc) is 2.28. The molecule has 1 fully saturated rings. The standard InChI is InChI=1S/C7H10F2N6O2/c1-3-4(2-12-14-10)17-6(16)5(13-15-11)7(3,8)9/h3-6,16H,2H2,1H3/t3-,4-,5?,6?/m1/s1. The van der Waals surface area contributed by atoms with E-state index in [1.807, 2.05) is 0 Å². The normalized spacial score (nSPS) is 35.5. The number of ether oxygens (including phenoxy) is 1. The van der Waals surface area contributed by atoms with Crippen LogP contribution in [-0.2, 0) is 4.74 Å². The molecule has 0 spiro atoms. The first-order valence-electron chi connectivity index (χ1n) is 4.71. The predicted molar refractivity (Wildman–Crippen MR) is 51.9 cm³/mol. The summed E-state index contributed by atoms with van der Waals surface area (Å²) >= 11 is 0. The fraction of sp³-hybridized carbons (Fsp3) is 1.00. The van der Waals surface area contributed by atoms with E-state index in [2.05, 4.69) is 20.1 Å². The second-order valence-corrected chi connectivity index (χ2v) is 3.59. The molecule has 1 N–H and O–H groups in total. The summed E-state index contributed by atoms with van der Waals surface area (Å²) in [7, 11) is 0. The fourth-order valence-corrected chi connectivity index (χ4v) is 1.59. The number of halogens is 2. The third kappa shape index (κ3) is 2.56. The highest BCUT2D eigenvalue weighted by Crippen LogP contribution is 2.40. The first-order chi connectivity index (χ1) is 7.95. The first kappa shape index (κ1) is 13.5. The summed E-state index contributed by atoms with van der Waals surface area (Å²) in [5, 5.41) is 15.3. The Morgan fingerprint density at radius 3 is 2.59 bits per heavy atom. The molecule has 0 aromatic rings. The molecule has 0 radical (unpaired) electrons. The zero-order valence-electron chi connectivity index (χ0n) is 8.81. The van der Waals surface area contributed by atoms with E-state index in [1.54, 1.807) is 0 Å². The van der Waals surface area contributed by atoms with Gasteiger partial charge < -0.3 is 9.84 Å². The number of rotatable bonds is 3. The fourth-order valence-electron chi connectivity index (χ4n) is 1.59. The van der Waals surface area contributed by atoms with Crippen LogP contribution >= 0.6 is 0 Å². The van der Waals surface area contributed by atoms with Gasteiger partial charge in [-0.2, -0.15) is 0 Å². The highest BCUT2D eigenvalue weighted by atomic mass is 19.3. The molecule has 1 aliphatic rings. The third-order valence-corrected chi connectivity index (χ3v) is 2.64. The van der Waals surface area contributed by atoms with Crippen molar-refractivity contribution in [2.24, 2.45) is 16.1 Å². The molecule has 0 amide bonds. The van der Waals surface area contributed by atoms with E-state index < -0.39 is 30.3 Å². The molecule has 1 saturated heterocycles. The summed E-state index contributed by atoms with van der Waals surface area (Å²) in [6.07, 6.45) is -3.04. The molecule has 0 bridgehead atoms. The lowest BCUT2D eigenvalue weighted by Gasteiger charge is -2.41. The number of aliphatic hydroxyl groups is 1. The number of aliphatic hydroxyl groups excluding tert-OH is 1. The Balaban J connectivity index is 2.95. The molecule has 10 heteroatoms. The average molecular weight is 248 g/mol. The Labute approximate surface area is 94.4 Å². The Bertz CT molecular complexity index is 379. The van der Waals surface area contributed by atoms with Crippen molar-refractivity contribution in [3.8, 4) is 0 Å². The van der Waals surface area contributed by atoms with Gasteiger partial charge in [0.15, 0.2) is 12.3 Å². The molecule has 1 aliphatic heterocycles. The summed E-state index contributed by atoms with van der Waals surface area (Å²) in [4.78, 5) is 4.68. The molecule has 1 rings (SSSR count). The summed E-state index contributed by atoms with van der Waals surface area (Å²) in [6, 6.07) is -1.98. The minimum atomic E-state index is -3.43. The molecule has 8 nitrogen and oxygen atoms in total. The second-order valence-electron chi connectivity index (χ2n) is 3.59. The molecule has 2 unspecified atom stereocenters. The third-order valence-electron chi connectivity index (χ3n) is 2.64. The SMILES string of the molecule is C[C@@H]1[C@@H](CN=[N+]=[N-])OC(O)C(N=[N+]=[N-])C1(F)F. The van der Waals surface area contributed by atoms with Crippen LogP contribution in [0.2, 0.25) is 0 Å². The van der Waals surface area contributed by atoms with Crippen molar-refractivity contribution in [2.75, 3.05) is 6.54 Å². The summed E-state index contributed by atoms with van der Waals surface area (Å²) in [5.74, 6) is -4.77. The smallest absolute Gasteiger partial charge is 0.266 e. The molecule has 0 aromatic carbocycles. The highest BCUT2D eigenvalue weighted by molar-refractivity contribution is 4.97. The molecule has 0 aromatic heterocycles. The highest BCUT2D eigenvalue weighted by Gasteiger charge is 2.55. The molecular formula is C7H10F2N6O2. The van der Waals surface area contributed by atoms with E-state index in [-0.39, 0.29) is 6.54 Å². The van der Waals surface area contributed by atoms with E-state index in [9.17, 15) is 13.9 Å². The van der Waals surface area contributed by atoms with Gasteiger partial charge in [0.05, 0.1) is 12.6 Å². The van der Waals surface area contributed by atoms with Gasteiger partial charge in [0.1, 0.15) is 0 Å².